The Morgan fingerprint density at radius 3 is 2.75 bits per heavy atom. The SMILES string of the molecule is OCCC1(n2cccn2)CCC1. The molecule has 12 heavy (non-hydrogen) atoms. The van der Waals surface area contributed by atoms with Crippen molar-refractivity contribution in [1.82, 2.24) is 9.78 Å². The molecule has 1 saturated carbocycles. The van der Waals surface area contributed by atoms with Gasteiger partial charge >= 0.3 is 0 Å². The van der Waals surface area contributed by atoms with Crippen molar-refractivity contribution in [2.24, 2.45) is 0 Å². The highest BCUT2D eigenvalue weighted by molar-refractivity contribution is 4.96. The maximum atomic E-state index is 8.92. The molecule has 1 aliphatic rings. The van der Waals surface area contributed by atoms with Gasteiger partial charge in [-0.15, -0.1) is 0 Å². The van der Waals surface area contributed by atoms with E-state index in [9.17, 15) is 0 Å². The van der Waals surface area contributed by atoms with Gasteiger partial charge in [-0.2, -0.15) is 5.10 Å². The van der Waals surface area contributed by atoms with Crippen LogP contribution in [0.15, 0.2) is 18.5 Å². The van der Waals surface area contributed by atoms with E-state index in [1.165, 1.54) is 6.42 Å². The Balaban J connectivity index is 2.17. The van der Waals surface area contributed by atoms with E-state index in [1.54, 1.807) is 6.20 Å². The van der Waals surface area contributed by atoms with Crippen molar-refractivity contribution in [2.75, 3.05) is 6.61 Å². The summed E-state index contributed by atoms with van der Waals surface area (Å²) in [7, 11) is 0. The normalized spacial score (nSPS) is 20.4. The van der Waals surface area contributed by atoms with Gasteiger partial charge in [-0.05, 0) is 31.7 Å². The minimum atomic E-state index is 0.151. The smallest absolute Gasteiger partial charge is 0.0649 e. The van der Waals surface area contributed by atoms with Crippen LogP contribution in [0.3, 0.4) is 0 Å². The zero-order valence-electron chi connectivity index (χ0n) is 7.11. The average Bonchev–Trinajstić information content (AvgIpc) is 2.48. The van der Waals surface area contributed by atoms with Crippen molar-refractivity contribution >= 4 is 0 Å². The number of aliphatic hydroxyl groups excluding tert-OH is 1. The van der Waals surface area contributed by atoms with E-state index >= 15 is 0 Å². The van der Waals surface area contributed by atoms with Crippen LogP contribution >= 0.6 is 0 Å². The Hall–Kier alpha value is -0.830. The molecule has 3 nitrogen and oxygen atoms in total. The van der Waals surface area contributed by atoms with E-state index in [1.807, 2.05) is 16.9 Å². The van der Waals surface area contributed by atoms with Gasteiger partial charge < -0.3 is 5.11 Å². The lowest BCUT2D eigenvalue weighted by Crippen LogP contribution is -2.41. The zero-order chi connectivity index (χ0) is 8.44. The van der Waals surface area contributed by atoms with Crippen LogP contribution in [0.5, 0.6) is 0 Å². The Bertz CT molecular complexity index is 239. The highest BCUT2D eigenvalue weighted by Crippen LogP contribution is 2.41. The topological polar surface area (TPSA) is 38.0 Å². The number of hydrogen-bond acceptors (Lipinski definition) is 2. The maximum absolute atomic E-state index is 8.92. The Labute approximate surface area is 72.0 Å². The molecule has 0 radical (unpaired) electrons. The van der Waals surface area contributed by atoms with Crippen molar-refractivity contribution in [2.45, 2.75) is 31.2 Å². The van der Waals surface area contributed by atoms with Gasteiger partial charge in [0.05, 0.1) is 5.54 Å². The van der Waals surface area contributed by atoms with Gasteiger partial charge in [0, 0.05) is 19.0 Å². The summed E-state index contributed by atoms with van der Waals surface area (Å²) < 4.78 is 2.01. The number of aromatic nitrogens is 2. The fourth-order valence-electron chi connectivity index (χ4n) is 1.94. The summed E-state index contributed by atoms with van der Waals surface area (Å²) >= 11 is 0. The van der Waals surface area contributed by atoms with Gasteiger partial charge in [0.2, 0.25) is 0 Å². The highest BCUT2D eigenvalue weighted by Gasteiger charge is 2.38. The third-order valence-electron chi connectivity index (χ3n) is 2.85. The van der Waals surface area contributed by atoms with Crippen molar-refractivity contribution in [1.29, 1.82) is 0 Å². The van der Waals surface area contributed by atoms with Crippen LogP contribution in [0, 0.1) is 0 Å². The molecular formula is C9H14N2O. The Morgan fingerprint density at radius 1 is 1.50 bits per heavy atom. The van der Waals surface area contributed by atoms with Gasteiger partial charge in [-0.1, -0.05) is 0 Å². The molecule has 1 N–H and O–H groups in total. The third-order valence-corrected chi connectivity index (χ3v) is 2.85. The summed E-state index contributed by atoms with van der Waals surface area (Å²) in [6.45, 7) is 0.264. The lowest BCUT2D eigenvalue weighted by molar-refractivity contribution is 0.0834. The second-order valence-electron chi connectivity index (χ2n) is 3.50. The van der Waals surface area contributed by atoms with Crippen LogP contribution in [-0.2, 0) is 5.54 Å². The zero-order valence-corrected chi connectivity index (χ0v) is 7.11. The van der Waals surface area contributed by atoms with E-state index in [0.29, 0.717) is 0 Å². The fraction of sp³-hybridized carbons (Fsp3) is 0.667. The van der Waals surface area contributed by atoms with Gasteiger partial charge in [0.25, 0.3) is 0 Å². The third kappa shape index (κ3) is 1.05. The lowest BCUT2D eigenvalue weighted by atomic mass is 9.75. The largest absolute Gasteiger partial charge is 0.396 e. The molecule has 0 spiro atoms. The molecule has 0 amide bonds. The molecule has 1 aromatic heterocycles. The molecule has 2 rings (SSSR count). The van der Waals surface area contributed by atoms with Gasteiger partial charge in [0.1, 0.15) is 0 Å². The molecule has 0 aromatic carbocycles. The molecule has 0 saturated heterocycles. The summed E-state index contributed by atoms with van der Waals surface area (Å²) in [5, 5.41) is 13.2. The van der Waals surface area contributed by atoms with Crippen LogP contribution in [0.1, 0.15) is 25.7 Å². The molecule has 0 unspecified atom stereocenters. The molecular weight excluding hydrogens is 152 g/mol. The minimum absolute atomic E-state index is 0.151. The molecule has 0 aliphatic heterocycles. The van der Waals surface area contributed by atoms with E-state index in [0.717, 1.165) is 19.3 Å². The molecule has 0 bridgehead atoms. The fourth-order valence-corrected chi connectivity index (χ4v) is 1.94. The first kappa shape index (κ1) is 7.80. The number of aliphatic hydroxyl groups is 1. The van der Waals surface area contributed by atoms with Gasteiger partial charge in [-0.25, -0.2) is 0 Å². The van der Waals surface area contributed by atoms with Crippen LogP contribution in [-0.4, -0.2) is 21.5 Å². The predicted octanol–water partition coefficient (Wildman–Crippen LogP) is 1.14. The monoisotopic (exact) mass is 166 g/mol. The first-order chi connectivity index (χ1) is 5.87. The quantitative estimate of drug-likeness (QED) is 0.731. The standard InChI is InChI=1S/C9H14N2O/c12-8-5-9(3-1-4-9)11-7-2-6-10-11/h2,6-7,12H,1,3-5,8H2. The number of rotatable bonds is 3. The van der Waals surface area contributed by atoms with Crippen LogP contribution in [0.2, 0.25) is 0 Å². The van der Waals surface area contributed by atoms with Crippen LogP contribution < -0.4 is 0 Å². The maximum Gasteiger partial charge on any atom is 0.0649 e. The predicted molar refractivity (Wildman–Crippen MR) is 45.8 cm³/mol. The van der Waals surface area contributed by atoms with E-state index in [2.05, 4.69) is 5.10 Å². The summed E-state index contributed by atoms with van der Waals surface area (Å²) in [6.07, 6.45) is 8.23. The lowest BCUT2D eigenvalue weighted by Gasteiger charge is -2.41. The molecule has 0 atom stereocenters. The summed E-state index contributed by atoms with van der Waals surface area (Å²) in [5.41, 5.74) is 0.151. The first-order valence-electron chi connectivity index (χ1n) is 4.48. The van der Waals surface area contributed by atoms with Crippen molar-refractivity contribution in [3.05, 3.63) is 18.5 Å². The molecule has 66 valence electrons. The average molecular weight is 166 g/mol. The van der Waals surface area contributed by atoms with Crippen LogP contribution in [0.25, 0.3) is 0 Å². The highest BCUT2D eigenvalue weighted by atomic mass is 16.3. The van der Waals surface area contributed by atoms with Crippen molar-refractivity contribution in [3.63, 3.8) is 0 Å². The minimum Gasteiger partial charge on any atom is -0.396 e. The van der Waals surface area contributed by atoms with Crippen molar-refractivity contribution in [3.8, 4) is 0 Å². The second kappa shape index (κ2) is 2.90. The number of hydrogen-bond donors (Lipinski definition) is 1. The number of nitrogens with zero attached hydrogens (tertiary/aromatic N) is 2. The van der Waals surface area contributed by atoms with E-state index < -0.39 is 0 Å². The summed E-state index contributed by atoms with van der Waals surface area (Å²) in [4.78, 5) is 0. The second-order valence-corrected chi connectivity index (χ2v) is 3.50. The Morgan fingerprint density at radius 2 is 2.33 bits per heavy atom. The van der Waals surface area contributed by atoms with Crippen molar-refractivity contribution < 1.29 is 5.11 Å². The Kier molecular flexibility index (Phi) is 1.89. The van der Waals surface area contributed by atoms with Gasteiger partial charge in [0.15, 0.2) is 0 Å². The summed E-state index contributed by atoms with van der Waals surface area (Å²) in [5.74, 6) is 0. The molecule has 3 heteroatoms. The molecule has 1 heterocycles. The summed E-state index contributed by atoms with van der Waals surface area (Å²) in [6, 6.07) is 1.94. The molecule has 1 aromatic rings. The first-order valence-corrected chi connectivity index (χ1v) is 4.48. The molecule has 1 fully saturated rings. The van der Waals surface area contributed by atoms with E-state index in [4.69, 9.17) is 5.11 Å². The molecule has 1 aliphatic carbocycles. The van der Waals surface area contributed by atoms with E-state index in [-0.39, 0.29) is 12.1 Å². The van der Waals surface area contributed by atoms with Crippen LogP contribution in [0.4, 0.5) is 0 Å². The van der Waals surface area contributed by atoms with Gasteiger partial charge in [-0.3, -0.25) is 4.68 Å².